The number of likely N-dealkylation sites (N-methyl/N-ethyl adjacent to an activating group) is 1. The van der Waals surface area contributed by atoms with Crippen molar-refractivity contribution in [3.8, 4) is 0 Å². The maximum atomic E-state index is 13.2. The van der Waals surface area contributed by atoms with E-state index in [0.29, 0.717) is 5.56 Å². The van der Waals surface area contributed by atoms with Crippen LogP contribution in [0.15, 0.2) is 65.7 Å². The average molecular weight is 405 g/mol. The molecule has 1 aliphatic rings. The van der Waals surface area contributed by atoms with Crippen molar-refractivity contribution in [3.05, 3.63) is 71.8 Å². The summed E-state index contributed by atoms with van der Waals surface area (Å²) in [4.78, 5) is 30.1. The Labute approximate surface area is 164 Å². The van der Waals surface area contributed by atoms with Crippen molar-refractivity contribution in [2.24, 2.45) is 10.7 Å². The fourth-order valence-corrected chi connectivity index (χ4v) is 3.24. The third-order valence-electron chi connectivity index (χ3n) is 4.69. The molecule has 1 amide bonds. The second-order valence-electron chi connectivity index (χ2n) is 6.55. The molecule has 6 nitrogen and oxygen atoms in total. The zero-order chi connectivity index (χ0) is 21.2. The van der Waals surface area contributed by atoms with Gasteiger partial charge in [0.05, 0.1) is 0 Å². The molecule has 1 aliphatic heterocycles. The molecular weight excluding hydrogens is 387 g/mol. The van der Waals surface area contributed by atoms with Gasteiger partial charge in [0, 0.05) is 13.5 Å². The van der Waals surface area contributed by atoms with Crippen molar-refractivity contribution in [1.29, 1.82) is 0 Å². The van der Waals surface area contributed by atoms with Gasteiger partial charge in [0.1, 0.15) is 6.10 Å². The van der Waals surface area contributed by atoms with E-state index in [2.05, 4.69) is 4.99 Å². The Hall–Kier alpha value is -3.36. The van der Waals surface area contributed by atoms with Crippen LogP contribution in [-0.4, -0.2) is 42.1 Å². The highest BCUT2D eigenvalue weighted by Crippen LogP contribution is 2.39. The Kier molecular flexibility index (Phi) is 5.32. The fraction of sp³-hybridized carbons (Fsp3) is 0.250. The smallest absolute Gasteiger partial charge is 0.452 e. The van der Waals surface area contributed by atoms with Crippen molar-refractivity contribution in [3.63, 3.8) is 0 Å². The van der Waals surface area contributed by atoms with Crippen LogP contribution in [0, 0.1) is 0 Å². The van der Waals surface area contributed by atoms with Gasteiger partial charge in [-0.25, -0.2) is 9.79 Å². The molecule has 29 heavy (non-hydrogen) atoms. The molecule has 3 rings (SSSR count). The van der Waals surface area contributed by atoms with Gasteiger partial charge in [0.25, 0.3) is 5.91 Å². The number of esters is 1. The Morgan fingerprint density at radius 3 is 2.17 bits per heavy atom. The molecule has 2 aromatic carbocycles. The molecule has 1 heterocycles. The molecule has 0 aromatic heterocycles. The van der Waals surface area contributed by atoms with Crippen molar-refractivity contribution in [2.75, 3.05) is 7.05 Å². The third kappa shape index (κ3) is 3.80. The zero-order valence-corrected chi connectivity index (χ0v) is 15.4. The molecule has 0 saturated heterocycles. The van der Waals surface area contributed by atoms with Crippen LogP contribution < -0.4 is 5.73 Å². The molecule has 0 radical (unpaired) electrons. The molecule has 0 bridgehead atoms. The number of rotatable bonds is 5. The number of guanidine groups is 1. The van der Waals surface area contributed by atoms with Crippen LogP contribution >= 0.6 is 0 Å². The minimum Gasteiger partial charge on any atom is -0.452 e. The molecule has 9 heteroatoms. The van der Waals surface area contributed by atoms with Crippen molar-refractivity contribution in [1.82, 2.24) is 4.90 Å². The fourth-order valence-electron chi connectivity index (χ4n) is 3.24. The lowest BCUT2D eigenvalue weighted by molar-refractivity contribution is -0.208. The molecule has 0 aliphatic carbocycles. The summed E-state index contributed by atoms with van der Waals surface area (Å²) < 4.78 is 43.8. The molecular formula is C20H18F3N3O3. The molecule has 0 spiro atoms. The topological polar surface area (TPSA) is 85.0 Å². The van der Waals surface area contributed by atoms with Crippen LogP contribution in [0.1, 0.15) is 11.1 Å². The molecule has 0 fully saturated rings. The van der Waals surface area contributed by atoms with Gasteiger partial charge >= 0.3 is 12.1 Å². The van der Waals surface area contributed by atoms with Gasteiger partial charge in [-0.15, -0.1) is 0 Å². The number of alkyl halides is 3. The highest BCUT2D eigenvalue weighted by Gasteiger charge is 2.57. The number of carbonyl (C=O) groups is 2. The standard InChI is InChI=1S/C20H18F3N3O3/c1-26-16(27)19(25-18(26)24,14-10-6-3-7-11-14)15(29-17(28)20(21,22)23)12-13-8-4-2-5-9-13/h2-11,15H,12H2,1H3,(H2,24,25). The Morgan fingerprint density at radius 2 is 1.69 bits per heavy atom. The summed E-state index contributed by atoms with van der Waals surface area (Å²) >= 11 is 0. The predicted molar refractivity (Wildman–Crippen MR) is 98.6 cm³/mol. The second-order valence-corrected chi connectivity index (χ2v) is 6.55. The number of hydrogen-bond acceptors (Lipinski definition) is 5. The van der Waals surface area contributed by atoms with Gasteiger partial charge in [0.15, 0.2) is 5.96 Å². The SMILES string of the molecule is CN1C(=O)C(c2ccccc2)(C(Cc2ccccc2)OC(=O)C(F)(F)F)N=C1N. The monoisotopic (exact) mass is 405 g/mol. The van der Waals surface area contributed by atoms with E-state index in [4.69, 9.17) is 10.5 Å². The van der Waals surface area contributed by atoms with E-state index in [1.807, 2.05) is 0 Å². The van der Waals surface area contributed by atoms with E-state index >= 15 is 0 Å². The van der Waals surface area contributed by atoms with Crippen LogP contribution in [0.4, 0.5) is 13.2 Å². The molecule has 152 valence electrons. The quantitative estimate of drug-likeness (QED) is 0.774. The average Bonchev–Trinajstić information content (AvgIpc) is 2.93. The number of amides is 1. The second kappa shape index (κ2) is 7.57. The van der Waals surface area contributed by atoms with Crippen molar-refractivity contribution in [2.45, 2.75) is 24.2 Å². The maximum absolute atomic E-state index is 13.2. The van der Waals surface area contributed by atoms with Gasteiger partial charge in [-0.05, 0) is 11.1 Å². The first-order valence-corrected chi connectivity index (χ1v) is 8.67. The van der Waals surface area contributed by atoms with Gasteiger partial charge in [-0.3, -0.25) is 9.69 Å². The van der Waals surface area contributed by atoms with Crippen molar-refractivity contribution < 1.29 is 27.5 Å². The first-order chi connectivity index (χ1) is 13.7. The number of hydrogen-bond donors (Lipinski definition) is 1. The van der Waals surface area contributed by atoms with Crippen LogP contribution in [0.25, 0.3) is 0 Å². The molecule has 2 atom stereocenters. The number of benzene rings is 2. The van der Waals surface area contributed by atoms with Crippen LogP contribution in [-0.2, 0) is 26.3 Å². The first-order valence-electron chi connectivity index (χ1n) is 8.67. The normalized spacial score (nSPS) is 20.3. The summed E-state index contributed by atoms with van der Waals surface area (Å²) in [5.41, 5.74) is 4.73. The van der Waals surface area contributed by atoms with E-state index in [9.17, 15) is 22.8 Å². The number of carbonyl (C=O) groups excluding carboxylic acids is 2. The third-order valence-corrected chi connectivity index (χ3v) is 4.69. The number of ether oxygens (including phenoxy) is 1. The summed E-state index contributed by atoms with van der Waals surface area (Å²) in [7, 11) is 1.36. The Balaban J connectivity index is 2.15. The number of aliphatic imine (C=N–C) groups is 1. The molecule has 2 N–H and O–H groups in total. The van der Waals surface area contributed by atoms with E-state index in [-0.39, 0.29) is 17.9 Å². The zero-order valence-electron chi connectivity index (χ0n) is 15.4. The lowest BCUT2D eigenvalue weighted by atomic mass is 9.81. The van der Waals surface area contributed by atoms with Gasteiger partial charge in [-0.2, -0.15) is 13.2 Å². The summed E-state index contributed by atoms with van der Waals surface area (Å²) in [5, 5.41) is 0. The molecule has 2 aromatic rings. The lowest BCUT2D eigenvalue weighted by Gasteiger charge is -2.33. The maximum Gasteiger partial charge on any atom is 0.490 e. The van der Waals surface area contributed by atoms with Crippen LogP contribution in [0.2, 0.25) is 0 Å². The highest BCUT2D eigenvalue weighted by molar-refractivity contribution is 6.07. The van der Waals surface area contributed by atoms with Crippen LogP contribution in [0.5, 0.6) is 0 Å². The van der Waals surface area contributed by atoms with Gasteiger partial charge in [0.2, 0.25) is 5.54 Å². The number of halogens is 3. The van der Waals surface area contributed by atoms with E-state index in [1.165, 1.54) is 19.2 Å². The van der Waals surface area contributed by atoms with Crippen molar-refractivity contribution >= 4 is 17.8 Å². The highest BCUT2D eigenvalue weighted by atomic mass is 19.4. The largest absolute Gasteiger partial charge is 0.490 e. The van der Waals surface area contributed by atoms with E-state index in [0.717, 1.165) is 4.90 Å². The summed E-state index contributed by atoms with van der Waals surface area (Å²) in [6, 6.07) is 16.4. The molecule has 0 saturated carbocycles. The van der Waals surface area contributed by atoms with Crippen LogP contribution in [0.3, 0.4) is 0 Å². The number of nitrogens with two attached hydrogens (primary N) is 1. The minimum atomic E-state index is -5.23. The summed E-state index contributed by atoms with van der Waals surface area (Å²) in [6.45, 7) is 0. The summed E-state index contributed by atoms with van der Waals surface area (Å²) in [5.74, 6) is -3.26. The minimum absolute atomic E-state index is 0.173. The van der Waals surface area contributed by atoms with Gasteiger partial charge in [-0.1, -0.05) is 60.7 Å². The lowest BCUT2D eigenvalue weighted by Crippen LogP contribution is -2.51. The van der Waals surface area contributed by atoms with E-state index in [1.54, 1.807) is 48.5 Å². The van der Waals surface area contributed by atoms with Gasteiger partial charge < -0.3 is 10.5 Å². The summed E-state index contributed by atoms with van der Waals surface area (Å²) in [6.07, 6.45) is -6.97. The number of nitrogens with zero attached hydrogens (tertiary/aromatic N) is 2. The first kappa shape index (κ1) is 20.4. The molecule has 2 unspecified atom stereocenters. The Morgan fingerprint density at radius 1 is 1.14 bits per heavy atom. The predicted octanol–water partition coefficient (Wildman–Crippen LogP) is 2.39. The Bertz CT molecular complexity index is 932. The van der Waals surface area contributed by atoms with E-state index < -0.39 is 29.7 Å².